The standard InChI is InChI=1S/C24H25F3N2O5S/c1-23(2,3)28-22(30)29(16-20-7-5-13-33-20)15-17-9-11-19(12-10-17)34-35(31,32)21-8-4-6-18(14-21)24(25,26)27/h4-14H,15-16H2,1-3H3,(H,28,30). The highest BCUT2D eigenvalue weighted by Crippen LogP contribution is 2.31. The number of carbonyl (C=O) groups excluding carboxylic acids is 1. The summed E-state index contributed by atoms with van der Waals surface area (Å²) >= 11 is 0. The molecule has 0 fully saturated rings. The van der Waals surface area contributed by atoms with E-state index in [-0.39, 0.29) is 24.9 Å². The molecule has 0 aliphatic heterocycles. The van der Waals surface area contributed by atoms with Gasteiger partial charge in [0, 0.05) is 12.1 Å². The van der Waals surface area contributed by atoms with E-state index in [1.807, 2.05) is 20.8 Å². The molecule has 2 amide bonds. The van der Waals surface area contributed by atoms with Crippen molar-refractivity contribution in [2.75, 3.05) is 0 Å². The zero-order valence-corrected chi connectivity index (χ0v) is 20.1. The van der Waals surface area contributed by atoms with Crippen LogP contribution in [0.2, 0.25) is 0 Å². The topological polar surface area (TPSA) is 88.9 Å². The van der Waals surface area contributed by atoms with E-state index in [1.54, 1.807) is 24.3 Å². The summed E-state index contributed by atoms with van der Waals surface area (Å²) in [5, 5.41) is 2.89. The number of amides is 2. The molecule has 1 aromatic heterocycles. The van der Waals surface area contributed by atoms with Crippen molar-refractivity contribution >= 4 is 16.1 Å². The number of nitrogens with zero attached hydrogens (tertiary/aromatic N) is 1. The van der Waals surface area contributed by atoms with Gasteiger partial charge in [-0.1, -0.05) is 18.2 Å². The van der Waals surface area contributed by atoms with E-state index in [1.165, 1.54) is 23.3 Å². The summed E-state index contributed by atoms with van der Waals surface area (Å²) < 4.78 is 74.1. The molecule has 0 saturated heterocycles. The van der Waals surface area contributed by atoms with Crippen molar-refractivity contribution in [3.8, 4) is 5.75 Å². The highest BCUT2D eigenvalue weighted by Gasteiger charge is 2.32. The van der Waals surface area contributed by atoms with Crippen LogP contribution in [-0.4, -0.2) is 24.9 Å². The molecule has 35 heavy (non-hydrogen) atoms. The highest BCUT2D eigenvalue weighted by molar-refractivity contribution is 7.87. The average Bonchev–Trinajstić information content (AvgIpc) is 3.26. The summed E-state index contributed by atoms with van der Waals surface area (Å²) in [6.07, 6.45) is -3.18. The van der Waals surface area contributed by atoms with Gasteiger partial charge < -0.3 is 18.8 Å². The lowest BCUT2D eigenvalue weighted by atomic mass is 10.1. The van der Waals surface area contributed by atoms with Gasteiger partial charge in [0.1, 0.15) is 16.4 Å². The van der Waals surface area contributed by atoms with Crippen molar-refractivity contribution in [1.82, 2.24) is 10.2 Å². The second-order valence-electron chi connectivity index (χ2n) is 8.82. The molecular weight excluding hydrogens is 485 g/mol. The summed E-state index contributed by atoms with van der Waals surface area (Å²) in [5.74, 6) is 0.504. The Bertz CT molecular complexity index is 1250. The maximum atomic E-state index is 12.9. The number of furan rings is 1. The first-order chi connectivity index (χ1) is 16.2. The predicted octanol–water partition coefficient (Wildman–Crippen LogP) is 5.58. The van der Waals surface area contributed by atoms with Gasteiger partial charge in [0.05, 0.1) is 18.4 Å². The van der Waals surface area contributed by atoms with Crippen LogP contribution in [0.25, 0.3) is 0 Å². The monoisotopic (exact) mass is 510 g/mol. The molecule has 0 saturated carbocycles. The van der Waals surface area contributed by atoms with Crippen LogP contribution in [0, 0.1) is 0 Å². The fourth-order valence-electron chi connectivity index (χ4n) is 3.06. The van der Waals surface area contributed by atoms with Crippen molar-refractivity contribution in [1.29, 1.82) is 0 Å². The molecule has 0 aliphatic carbocycles. The van der Waals surface area contributed by atoms with Gasteiger partial charge in [-0.15, -0.1) is 0 Å². The van der Waals surface area contributed by atoms with Crippen LogP contribution < -0.4 is 9.50 Å². The van der Waals surface area contributed by atoms with Crippen LogP contribution in [0.4, 0.5) is 18.0 Å². The number of rotatable bonds is 7. The Hall–Kier alpha value is -3.47. The number of urea groups is 1. The van der Waals surface area contributed by atoms with Gasteiger partial charge in [0.15, 0.2) is 0 Å². The van der Waals surface area contributed by atoms with Crippen LogP contribution in [0.5, 0.6) is 5.75 Å². The largest absolute Gasteiger partial charge is 0.467 e. The van der Waals surface area contributed by atoms with E-state index in [9.17, 15) is 26.4 Å². The van der Waals surface area contributed by atoms with Crippen LogP contribution in [-0.2, 0) is 29.4 Å². The number of benzene rings is 2. The van der Waals surface area contributed by atoms with Crippen molar-refractivity contribution in [2.45, 2.75) is 50.5 Å². The Morgan fingerprint density at radius 3 is 2.26 bits per heavy atom. The Morgan fingerprint density at radius 2 is 1.69 bits per heavy atom. The summed E-state index contributed by atoms with van der Waals surface area (Å²) in [6.45, 7) is 5.95. The lowest BCUT2D eigenvalue weighted by Crippen LogP contribution is -2.47. The fraction of sp³-hybridized carbons (Fsp3) is 0.292. The molecule has 0 atom stereocenters. The Balaban J connectivity index is 1.75. The van der Waals surface area contributed by atoms with Crippen molar-refractivity contribution < 1.29 is 35.0 Å². The lowest BCUT2D eigenvalue weighted by molar-refractivity contribution is -0.137. The van der Waals surface area contributed by atoms with Crippen molar-refractivity contribution in [3.05, 3.63) is 83.8 Å². The zero-order chi connectivity index (χ0) is 25.9. The number of alkyl halides is 3. The molecule has 7 nitrogen and oxygen atoms in total. The second kappa shape index (κ2) is 10.0. The Morgan fingerprint density at radius 1 is 1.00 bits per heavy atom. The van der Waals surface area contributed by atoms with Gasteiger partial charge in [-0.05, 0) is 68.8 Å². The molecule has 0 spiro atoms. The van der Waals surface area contributed by atoms with E-state index in [0.717, 1.165) is 18.2 Å². The normalized spacial score (nSPS) is 12.3. The molecule has 3 rings (SSSR count). The van der Waals surface area contributed by atoms with E-state index in [2.05, 4.69) is 5.32 Å². The van der Waals surface area contributed by atoms with E-state index in [0.29, 0.717) is 17.4 Å². The fourth-order valence-corrected chi connectivity index (χ4v) is 4.04. The molecule has 0 bridgehead atoms. The summed E-state index contributed by atoms with van der Waals surface area (Å²) in [6, 6.07) is 12.3. The van der Waals surface area contributed by atoms with Gasteiger partial charge >= 0.3 is 22.3 Å². The first kappa shape index (κ1) is 26.1. The third-order valence-corrected chi connectivity index (χ3v) is 5.89. The van der Waals surface area contributed by atoms with Crippen LogP contribution >= 0.6 is 0 Å². The molecule has 0 radical (unpaired) electrons. The van der Waals surface area contributed by atoms with Gasteiger partial charge in [-0.3, -0.25) is 0 Å². The van der Waals surface area contributed by atoms with Crippen LogP contribution in [0.1, 0.15) is 37.7 Å². The minimum atomic E-state index is -4.69. The summed E-state index contributed by atoms with van der Waals surface area (Å²) in [7, 11) is -4.49. The number of hydrogen-bond donors (Lipinski definition) is 1. The van der Waals surface area contributed by atoms with E-state index in [4.69, 9.17) is 8.60 Å². The first-order valence-corrected chi connectivity index (χ1v) is 11.9. The molecular formula is C24H25F3N2O5S. The summed E-state index contributed by atoms with van der Waals surface area (Å²) in [4.78, 5) is 13.7. The quantitative estimate of drug-likeness (QED) is 0.420. The first-order valence-electron chi connectivity index (χ1n) is 10.5. The summed E-state index contributed by atoms with van der Waals surface area (Å²) in [5.41, 5.74) is -0.888. The van der Waals surface area contributed by atoms with E-state index >= 15 is 0 Å². The third kappa shape index (κ3) is 7.51. The minimum absolute atomic E-state index is 0.0807. The van der Waals surface area contributed by atoms with Gasteiger partial charge in [0.25, 0.3) is 0 Å². The minimum Gasteiger partial charge on any atom is -0.467 e. The Labute approximate surface area is 201 Å². The molecule has 0 unspecified atom stereocenters. The van der Waals surface area contributed by atoms with Crippen molar-refractivity contribution in [3.63, 3.8) is 0 Å². The molecule has 2 aromatic carbocycles. The molecule has 11 heteroatoms. The van der Waals surface area contributed by atoms with Crippen LogP contribution in [0.3, 0.4) is 0 Å². The number of carbonyl (C=O) groups is 1. The average molecular weight is 511 g/mol. The number of halogens is 3. The second-order valence-corrected chi connectivity index (χ2v) is 10.4. The number of hydrogen-bond acceptors (Lipinski definition) is 5. The molecule has 0 aliphatic rings. The van der Waals surface area contributed by atoms with Gasteiger partial charge in [-0.25, -0.2) is 4.79 Å². The molecule has 1 N–H and O–H groups in total. The van der Waals surface area contributed by atoms with Crippen LogP contribution in [0.15, 0.2) is 76.2 Å². The lowest BCUT2D eigenvalue weighted by Gasteiger charge is -2.28. The maximum absolute atomic E-state index is 12.9. The van der Waals surface area contributed by atoms with Gasteiger partial charge in [-0.2, -0.15) is 21.6 Å². The highest BCUT2D eigenvalue weighted by atomic mass is 32.2. The predicted molar refractivity (Wildman–Crippen MR) is 122 cm³/mol. The maximum Gasteiger partial charge on any atom is 0.416 e. The van der Waals surface area contributed by atoms with E-state index < -0.39 is 32.3 Å². The molecule has 188 valence electrons. The number of nitrogens with one attached hydrogen (secondary N) is 1. The van der Waals surface area contributed by atoms with Crippen molar-refractivity contribution in [2.24, 2.45) is 0 Å². The molecule has 1 heterocycles. The third-order valence-electron chi connectivity index (χ3n) is 4.65. The van der Waals surface area contributed by atoms with Gasteiger partial charge in [0.2, 0.25) is 0 Å². The zero-order valence-electron chi connectivity index (χ0n) is 19.3. The molecule has 3 aromatic rings. The smallest absolute Gasteiger partial charge is 0.416 e. The SMILES string of the molecule is CC(C)(C)NC(=O)N(Cc1ccc(OS(=O)(=O)c2cccc(C(F)(F)F)c2)cc1)Cc1ccco1. The Kier molecular flexibility index (Phi) is 7.49.